The maximum absolute atomic E-state index is 6.06. The van der Waals surface area contributed by atoms with Gasteiger partial charge < -0.3 is 10.2 Å². The second-order valence-corrected chi connectivity index (χ2v) is 6.71. The van der Waals surface area contributed by atoms with Crippen LogP contribution in [0.3, 0.4) is 0 Å². The highest BCUT2D eigenvalue weighted by molar-refractivity contribution is 6.30. The lowest BCUT2D eigenvalue weighted by Gasteiger charge is -2.34. The molecule has 0 aromatic heterocycles. The molecule has 23 heavy (non-hydrogen) atoms. The molecule has 0 radical (unpaired) electrons. The van der Waals surface area contributed by atoms with Crippen LogP contribution in [0.5, 0.6) is 0 Å². The summed E-state index contributed by atoms with van der Waals surface area (Å²) in [6.45, 7) is 5.78. The molecule has 1 atom stereocenters. The number of nitrogens with zero attached hydrogens (tertiary/aromatic N) is 1. The number of halogens is 1. The summed E-state index contributed by atoms with van der Waals surface area (Å²) in [5.41, 5.74) is 2.59. The molecule has 1 fully saturated rings. The van der Waals surface area contributed by atoms with Gasteiger partial charge >= 0.3 is 0 Å². The summed E-state index contributed by atoms with van der Waals surface area (Å²) < 4.78 is 0. The zero-order valence-corrected chi connectivity index (χ0v) is 14.5. The van der Waals surface area contributed by atoms with Gasteiger partial charge in [-0.2, -0.15) is 0 Å². The van der Waals surface area contributed by atoms with Crippen molar-refractivity contribution in [3.63, 3.8) is 0 Å². The normalized spacial score (nSPS) is 18.0. The molecular weight excluding hydrogens is 304 g/mol. The predicted octanol–water partition coefficient (Wildman–Crippen LogP) is 4.50. The molecule has 3 rings (SSSR count). The van der Waals surface area contributed by atoms with Crippen molar-refractivity contribution in [2.75, 3.05) is 19.6 Å². The molecule has 2 aromatic carbocycles. The summed E-state index contributed by atoms with van der Waals surface area (Å²) >= 11 is 6.06. The van der Waals surface area contributed by atoms with E-state index in [1.165, 1.54) is 37.1 Å². The fourth-order valence-corrected chi connectivity index (χ4v) is 3.46. The van der Waals surface area contributed by atoms with Crippen molar-refractivity contribution >= 4 is 11.6 Å². The van der Waals surface area contributed by atoms with Crippen LogP contribution in [-0.2, 0) is 0 Å². The van der Waals surface area contributed by atoms with E-state index in [-0.39, 0.29) is 6.04 Å². The van der Waals surface area contributed by atoms with Gasteiger partial charge in [-0.1, -0.05) is 61.0 Å². The Labute approximate surface area is 144 Å². The number of likely N-dealkylation sites (tertiary alicyclic amines) is 1. The summed E-state index contributed by atoms with van der Waals surface area (Å²) in [5.74, 6) is 0. The third kappa shape index (κ3) is 4.35. The molecule has 122 valence electrons. The summed E-state index contributed by atoms with van der Waals surface area (Å²) in [5, 5.41) is 4.67. The molecule has 0 bridgehead atoms. The number of rotatable bonds is 5. The predicted molar refractivity (Wildman–Crippen MR) is 98.0 cm³/mol. The first-order valence-corrected chi connectivity index (χ1v) is 8.93. The van der Waals surface area contributed by atoms with Gasteiger partial charge in [0.1, 0.15) is 0 Å². The molecule has 0 spiro atoms. The molecule has 0 aliphatic carbocycles. The molecule has 1 saturated heterocycles. The topological polar surface area (TPSA) is 15.3 Å². The summed E-state index contributed by atoms with van der Waals surface area (Å²) in [7, 11) is 0. The fraction of sp³-hybridized carbons (Fsp3) is 0.400. The molecule has 1 aliphatic rings. The highest BCUT2D eigenvalue weighted by Gasteiger charge is 2.22. The van der Waals surface area contributed by atoms with E-state index in [1.54, 1.807) is 0 Å². The van der Waals surface area contributed by atoms with Gasteiger partial charge in [0, 0.05) is 11.1 Å². The first-order valence-electron chi connectivity index (χ1n) is 8.55. The number of piperidine rings is 1. The van der Waals surface area contributed by atoms with Crippen molar-refractivity contribution in [3.8, 4) is 0 Å². The standard InChI is InChI=1S/C20H25ClN2/c1-2-23-14-12-19(13-15-23)22-20(16-6-4-3-5-7-16)17-8-10-18(21)11-9-17/h3-11,19-20,22H,2,12-15H2,1H3. The minimum absolute atomic E-state index is 0.228. The molecule has 1 unspecified atom stereocenters. The third-order valence-corrected chi connectivity index (χ3v) is 5.03. The van der Waals surface area contributed by atoms with Crippen molar-refractivity contribution in [3.05, 3.63) is 70.7 Å². The number of hydrogen-bond donors (Lipinski definition) is 1. The molecule has 3 heteroatoms. The first kappa shape index (κ1) is 16.5. The zero-order valence-electron chi connectivity index (χ0n) is 13.7. The maximum Gasteiger partial charge on any atom is 0.0578 e. The van der Waals surface area contributed by atoms with Crippen molar-refractivity contribution < 1.29 is 0 Å². The van der Waals surface area contributed by atoms with Gasteiger partial charge in [0.2, 0.25) is 0 Å². The van der Waals surface area contributed by atoms with E-state index < -0.39 is 0 Å². The zero-order chi connectivity index (χ0) is 16.1. The summed E-state index contributed by atoms with van der Waals surface area (Å²) in [6, 6.07) is 19.7. The third-order valence-electron chi connectivity index (χ3n) is 4.77. The van der Waals surface area contributed by atoms with Gasteiger partial charge in [-0.25, -0.2) is 0 Å². The fourth-order valence-electron chi connectivity index (χ4n) is 3.34. The van der Waals surface area contributed by atoms with Crippen molar-refractivity contribution in [2.24, 2.45) is 0 Å². The van der Waals surface area contributed by atoms with E-state index in [4.69, 9.17) is 11.6 Å². The molecule has 2 aromatic rings. The Morgan fingerprint density at radius 3 is 2.22 bits per heavy atom. The molecule has 1 N–H and O–H groups in total. The van der Waals surface area contributed by atoms with Gasteiger partial charge in [0.15, 0.2) is 0 Å². The monoisotopic (exact) mass is 328 g/mol. The van der Waals surface area contributed by atoms with Crippen LogP contribution < -0.4 is 5.32 Å². The van der Waals surface area contributed by atoms with Gasteiger partial charge in [-0.05, 0) is 55.7 Å². The Morgan fingerprint density at radius 1 is 1.00 bits per heavy atom. The Morgan fingerprint density at radius 2 is 1.61 bits per heavy atom. The summed E-state index contributed by atoms with van der Waals surface area (Å²) in [6.07, 6.45) is 2.43. The minimum atomic E-state index is 0.228. The van der Waals surface area contributed by atoms with E-state index >= 15 is 0 Å². The maximum atomic E-state index is 6.06. The Bertz CT molecular complexity index is 589. The van der Waals surface area contributed by atoms with Crippen LogP contribution in [-0.4, -0.2) is 30.6 Å². The quantitative estimate of drug-likeness (QED) is 0.869. The first-order chi connectivity index (χ1) is 11.3. The average molecular weight is 329 g/mol. The van der Waals surface area contributed by atoms with E-state index in [0.29, 0.717) is 6.04 Å². The molecule has 1 heterocycles. The lowest BCUT2D eigenvalue weighted by molar-refractivity contribution is 0.202. The van der Waals surface area contributed by atoms with Gasteiger partial charge in [0.05, 0.1) is 6.04 Å². The minimum Gasteiger partial charge on any atom is -0.303 e. The van der Waals surface area contributed by atoms with Crippen LogP contribution in [0.25, 0.3) is 0 Å². The molecule has 0 saturated carbocycles. The second kappa shape index (κ2) is 7.96. The number of nitrogens with one attached hydrogen (secondary N) is 1. The van der Waals surface area contributed by atoms with Crippen LogP contribution in [0.2, 0.25) is 5.02 Å². The molecular formula is C20H25ClN2. The highest BCUT2D eigenvalue weighted by Crippen LogP contribution is 2.25. The Kier molecular flexibility index (Phi) is 5.71. The molecule has 1 aliphatic heterocycles. The van der Waals surface area contributed by atoms with Gasteiger partial charge in [0.25, 0.3) is 0 Å². The van der Waals surface area contributed by atoms with Crippen molar-refractivity contribution in [1.82, 2.24) is 10.2 Å². The highest BCUT2D eigenvalue weighted by atomic mass is 35.5. The smallest absolute Gasteiger partial charge is 0.0578 e. The van der Waals surface area contributed by atoms with Crippen LogP contribution in [0.4, 0.5) is 0 Å². The van der Waals surface area contributed by atoms with E-state index in [1.807, 2.05) is 12.1 Å². The lowest BCUT2D eigenvalue weighted by Crippen LogP contribution is -2.43. The van der Waals surface area contributed by atoms with Gasteiger partial charge in [-0.3, -0.25) is 0 Å². The van der Waals surface area contributed by atoms with E-state index in [0.717, 1.165) is 11.6 Å². The Balaban J connectivity index is 1.77. The van der Waals surface area contributed by atoms with Gasteiger partial charge in [-0.15, -0.1) is 0 Å². The number of hydrogen-bond acceptors (Lipinski definition) is 2. The van der Waals surface area contributed by atoms with Crippen molar-refractivity contribution in [1.29, 1.82) is 0 Å². The average Bonchev–Trinajstić information content (AvgIpc) is 2.62. The van der Waals surface area contributed by atoms with Crippen LogP contribution in [0.15, 0.2) is 54.6 Å². The number of benzene rings is 2. The van der Waals surface area contributed by atoms with E-state index in [2.05, 4.69) is 59.6 Å². The van der Waals surface area contributed by atoms with Crippen LogP contribution in [0.1, 0.15) is 36.9 Å². The van der Waals surface area contributed by atoms with E-state index in [9.17, 15) is 0 Å². The Hall–Kier alpha value is -1.35. The van der Waals surface area contributed by atoms with Crippen molar-refractivity contribution in [2.45, 2.75) is 31.8 Å². The molecule has 2 nitrogen and oxygen atoms in total. The summed E-state index contributed by atoms with van der Waals surface area (Å²) in [4.78, 5) is 2.53. The lowest BCUT2D eigenvalue weighted by atomic mass is 9.95. The SMILES string of the molecule is CCN1CCC(NC(c2ccccc2)c2ccc(Cl)cc2)CC1. The molecule has 0 amide bonds. The van der Waals surface area contributed by atoms with Crippen LogP contribution in [0, 0.1) is 0 Å². The van der Waals surface area contributed by atoms with Crippen LogP contribution >= 0.6 is 11.6 Å². The second-order valence-electron chi connectivity index (χ2n) is 6.27. The largest absolute Gasteiger partial charge is 0.303 e.